The summed E-state index contributed by atoms with van der Waals surface area (Å²) in [7, 11) is 1.69. The van der Waals surface area contributed by atoms with Gasteiger partial charge in [0.2, 0.25) is 5.91 Å². The maximum Gasteiger partial charge on any atom is 0.241 e. The molecule has 6 heteroatoms. The molecule has 1 atom stereocenters. The van der Waals surface area contributed by atoms with Gasteiger partial charge in [0.1, 0.15) is 6.54 Å². The van der Waals surface area contributed by atoms with Crippen LogP contribution in [0.5, 0.6) is 0 Å². The van der Waals surface area contributed by atoms with Crippen LogP contribution in [0.1, 0.15) is 26.2 Å². The van der Waals surface area contributed by atoms with E-state index in [0.717, 1.165) is 24.9 Å². The zero-order valence-electron chi connectivity index (χ0n) is 11.6. The molecule has 0 aromatic carbocycles. The van der Waals surface area contributed by atoms with E-state index in [-0.39, 0.29) is 18.5 Å². The average molecular weight is 266 g/mol. The van der Waals surface area contributed by atoms with Crippen LogP contribution in [0.25, 0.3) is 0 Å². The van der Waals surface area contributed by atoms with Gasteiger partial charge in [-0.1, -0.05) is 6.92 Å². The van der Waals surface area contributed by atoms with E-state index < -0.39 is 0 Å². The van der Waals surface area contributed by atoms with Crippen molar-refractivity contribution < 1.29 is 9.53 Å². The number of carbonyl (C=O) groups excluding carboxylic acids is 1. The summed E-state index contributed by atoms with van der Waals surface area (Å²) >= 11 is 0. The molecule has 1 saturated carbocycles. The summed E-state index contributed by atoms with van der Waals surface area (Å²) < 4.78 is 6.79. The lowest BCUT2D eigenvalue weighted by atomic mass is 10.2. The average Bonchev–Trinajstić information content (AvgIpc) is 3.08. The zero-order valence-corrected chi connectivity index (χ0v) is 11.6. The fraction of sp³-hybridized carbons (Fsp3) is 0.692. The molecule has 19 heavy (non-hydrogen) atoms. The van der Waals surface area contributed by atoms with E-state index in [2.05, 4.69) is 22.7 Å². The fourth-order valence-electron chi connectivity index (χ4n) is 1.87. The SMILES string of the molecule is CCC(COC)Nc1cnn(CC(=O)NC2CC2)c1. The number of rotatable bonds is 8. The van der Waals surface area contributed by atoms with Crippen molar-refractivity contribution in [2.45, 2.75) is 44.8 Å². The molecule has 1 heterocycles. The molecule has 0 spiro atoms. The molecule has 0 bridgehead atoms. The molecule has 0 aliphatic heterocycles. The molecule has 2 N–H and O–H groups in total. The van der Waals surface area contributed by atoms with Gasteiger partial charge in [0.25, 0.3) is 0 Å². The molecule has 0 saturated heterocycles. The van der Waals surface area contributed by atoms with Gasteiger partial charge in [-0.15, -0.1) is 0 Å². The lowest BCUT2D eigenvalue weighted by Crippen LogP contribution is -2.29. The largest absolute Gasteiger partial charge is 0.383 e. The maximum absolute atomic E-state index is 11.6. The van der Waals surface area contributed by atoms with Crippen LogP contribution in [-0.2, 0) is 16.1 Å². The molecule has 1 fully saturated rings. The normalized spacial score (nSPS) is 16.1. The molecule has 1 aliphatic rings. The highest BCUT2D eigenvalue weighted by Crippen LogP contribution is 2.18. The third-order valence-corrected chi connectivity index (χ3v) is 3.11. The minimum absolute atomic E-state index is 0.0288. The number of ether oxygens (including phenoxy) is 1. The Kier molecular flexibility index (Phi) is 4.79. The van der Waals surface area contributed by atoms with E-state index >= 15 is 0 Å². The van der Waals surface area contributed by atoms with E-state index in [4.69, 9.17) is 4.74 Å². The summed E-state index contributed by atoms with van der Waals surface area (Å²) in [5, 5.41) is 10.5. The third kappa shape index (κ3) is 4.55. The molecule has 2 rings (SSSR count). The van der Waals surface area contributed by atoms with Crippen molar-refractivity contribution in [3.05, 3.63) is 12.4 Å². The number of hydrogen-bond donors (Lipinski definition) is 2. The Morgan fingerprint density at radius 1 is 1.63 bits per heavy atom. The van der Waals surface area contributed by atoms with Crippen molar-refractivity contribution in [3.63, 3.8) is 0 Å². The molecule has 1 aromatic rings. The molecule has 1 unspecified atom stereocenters. The number of hydrogen-bond acceptors (Lipinski definition) is 4. The van der Waals surface area contributed by atoms with Gasteiger partial charge in [-0.25, -0.2) is 0 Å². The van der Waals surface area contributed by atoms with Crippen molar-refractivity contribution in [2.24, 2.45) is 0 Å². The summed E-state index contributed by atoms with van der Waals surface area (Å²) in [6.45, 7) is 3.04. The Hall–Kier alpha value is -1.56. The first-order valence-electron chi connectivity index (χ1n) is 6.78. The van der Waals surface area contributed by atoms with Gasteiger partial charge in [0.15, 0.2) is 0 Å². The smallest absolute Gasteiger partial charge is 0.241 e. The second-order valence-corrected chi connectivity index (χ2v) is 4.97. The molecule has 1 aromatic heterocycles. The quantitative estimate of drug-likeness (QED) is 0.736. The number of methoxy groups -OCH3 is 1. The number of carbonyl (C=O) groups is 1. The van der Waals surface area contributed by atoms with Crippen LogP contribution in [0.2, 0.25) is 0 Å². The second kappa shape index (κ2) is 6.56. The predicted octanol–water partition coefficient (Wildman–Crippen LogP) is 0.999. The Morgan fingerprint density at radius 2 is 2.42 bits per heavy atom. The first-order valence-corrected chi connectivity index (χ1v) is 6.78. The Morgan fingerprint density at radius 3 is 3.05 bits per heavy atom. The van der Waals surface area contributed by atoms with Crippen molar-refractivity contribution >= 4 is 11.6 Å². The number of nitrogens with one attached hydrogen (secondary N) is 2. The van der Waals surface area contributed by atoms with Gasteiger partial charge in [-0.05, 0) is 19.3 Å². The van der Waals surface area contributed by atoms with Gasteiger partial charge in [-0.2, -0.15) is 5.10 Å². The fourth-order valence-corrected chi connectivity index (χ4v) is 1.87. The Labute approximate surface area is 113 Å². The standard InChI is InChI=1S/C13H22N4O2/c1-3-10(9-19-2)15-12-6-14-17(7-12)8-13(18)16-11-4-5-11/h6-7,10-11,15H,3-5,8-9H2,1-2H3,(H,16,18). The van der Waals surface area contributed by atoms with E-state index in [0.29, 0.717) is 12.6 Å². The minimum Gasteiger partial charge on any atom is -0.383 e. The monoisotopic (exact) mass is 266 g/mol. The van der Waals surface area contributed by atoms with Gasteiger partial charge < -0.3 is 15.4 Å². The van der Waals surface area contributed by atoms with Crippen LogP contribution >= 0.6 is 0 Å². The number of amides is 1. The molecule has 6 nitrogen and oxygen atoms in total. The van der Waals surface area contributed by atoms with E-state index in [1.54, 1.807) is 18.0 Å². The third-order valence-electron chi connectivity index (χ3n) is 3.11. The second-order valence-electron chi connectivity index (χ2n) is 4.97. The van der Waals surface area contributed by atoms with Crippen LogP contribution in [-0.4, -0.2) is 41.5 Å². The molecular formula is C13H22N4O2. The molecule has 0 radical (unpaired) electrons. The lowest BCUT2D eigenvalue weighted by Gasteiger charge is -2.15. The molecule has 106 valence electrons. The topological polar surface area (TPSA) is 68.2 Å². The molecular weight excluding hydrogens is 244 g/mol. The van der Waals surface area contributed by atoms with Crippen LogP contribution < -0.4 is 10.6 Å². The van der Waals surface area contributed by atoms with Crippen molar-refractivity contribution in [1.82, 2.24) is 15.1 Å². The van der Waals surface area contributed by atoms with Crippen molar-refractivity contribution in [2.75, 3.05) is 19.0 Å². The summed E-state index contributed by atoms with van der Waals surface area (Å²) in [5.74, 6) is 0.0288. The Balaban J connectivity index is 1.81. The van der Waals surface area contributed by atoms with Gasteiger partial charge in [0, 0.05) is 25.4 Å². The van der Waals surface area contributed by atoms with E-state index in [9.17, 15) is 4.79 Å². The van der Waals surface area contributed by atoms with Gasteiger partial charge >= 0.3 is 0 Å². The number of aromatic nitrogens is 2. The van der Waals surface area contributed by atoms with Crippen LogP contribution in [0, 0.1) is 0 Å². The summed E-state index contributed by atoms with van der Waals surface area (Å²) in [6, 6.07) is 0.662. The molecule has 1 amide bonds. The molecule has 1 aliphatic carbocycles. The van der Waals surface area contributed by atoms with Crippen LogP contribution in [0.3, 0.4) is 0 Å². The van der Waals surface area contributed by atoms with Crippen molar-refractivity contribution in [1.29, 1.82) is 0 Å². The van der Waals surface area contributed by atoms with E-state index in [1.807, 2.05) is 6.20 Å². The Bertz CT molecular complexity index is 415. The number of nitrogens with zero attached hydrogens (tertiary/aromatic N) is 2. The highest BCUT2D eigenvalue weighted by atomic mass is 16.5. The van der Waals surface area contributed by atoms with Crippen LogP contribution in [0.15, 0.2) is 12.4 Å². The van der Waals surface area contributed by atoms with Gasteiger partial charge in [-0.3, -0.25) is 9.48 Å². The summed E-state index contributed by atoms with van der Waals surface area (Å²) in [5.41, 5.74) is 0.920. The first-order chi connectivity index (χ1) is 9.21. The van der Waals surface area contributed by atoms with Gasteiger partial charge in [0.05, 0.1) is 18.5 Å². The number of anilines is 1. The zero-order chi connectivity index (χ0) is 13.7. The minimum atomic E-state index is 0.0288. The van der Waals surface area contributed by atoms with Crippen LogP contribution in [0.4, 0.5) is 5.69 Å². The predicted molar refractivity (Wildman–Crippen MR) is 73.0 cm³/mol. The van der Waals surface area contributed by atoms with Crippen molar-refractivity contribution in [3.8, 4) is 0 Å². The highest BCUT2D eigenvalue weighted by Gasteiger charge is 2.23. The lowest BCUT2D eigenvalue weighted by molar-refractivity contribution is -0.122. The van der Waals surface area contributed by atoms with E-state index in [1.165, 1.54) is 0 Å². The first kappa shape index (κ1) is 13.9. The highest BCUT2D eigenvalue weighted by molar-refractivity contribution is 5.76. The maximum atomic E-state index is 11.6. The summed E-state index contributed by atoms with van der Waals surface area (Å²) in [4.78, 5) is 11.6. The summed E-state index contributed by atoms with van der Waals surface area (Å²) in [6.07, 6.45) is 6.77.